The van der Waals surface area contributed by atoms with Crippen molar-refractivity contribution in [3.63, 3.8) is 0 Å². The third kappa shape index (κ3) is 3.82. The van der Waals surface area contributed by atoms with Gasteiger partial charge >= 0.3 is 6.18 Å². The van der Waals surface area contributed by atoms with Crippen LogP contribution in [0.15, 0.2) is 24.3 Å². The van der Waals surface area contributed by atoms with Crippen molar-refractivity contribution in [3.05, 3.63) is 35.4 Å². The van der Waals surface area contributed by atoms with Crippen LogP contribution >= 0.6 is 0 Å². The highest BCUT2D eigenvalue weighted by atomic mass is 19.4. The van der Waals surface area contributed by atoms with Gasteiger partial charge in [-0.1, -0.05) is 12.1 Å². The van der Waals surface area contributed by atoms with E-state index in [1.807, 2.05) is 7.05 Å². The van der Waals surface area contributed by atoms with Gasteiger partial charge in [0.15, 0.2) is 0 Å². The first-order valence-electron chi connectivity index (χ1n) is 6.74. The molecule has 1 fully saturated rings. The van der Waals surface area contributed by atoms with Gasteiger partial charge in [-0.25, -0.2) is 0 Å². The summed E-state index contributed by atoms with van der Waals surface area (Å²) in [5, 5.41) is 0. The van der Waals surface area contributed by atoms with Gasteiger partial charge in [-0.05, 0) is 37.6 Å². The molecule has 5 heteroatoms. The number of alkyl halides is 3. The average Bonchev–Trinajstić information content (AvgIpc) is 2.39. The largest absolute Gasteiger partial charge is 0.416 e. The third-order valence-corrected chi connectivity index (χ3v) is 3.85. The molecule has 0 aromatic heterocycles. The molecule has 0 spiro atoms. The number of Topliss-reactive ketones (excluding diaryl/α,β-unsaturated/α-hetero) is 1. The second-order valence-corrected chi connectivity index (χ2v) is 5.38. The van der Waals surface area contributed by atoms with E-state index in [1.165, 1.54) is 12.1 Å². The van der Waals surface area contributed by atoms with E-state index in [9.17, 15) is 18.0 Å². The van der Waals surface area contributed by atoms with Crippen molar-refractivity contribution < 1.29 is 18.0 Å². The van der Waals surface area contributed by atoms with Crippen molar-refractivity contribution in [2.24, 2.45) is 0 Å². The molecular weight excluding hydrogens is 267 g/mol. The molecule has 0 atom stereocenters. The molecule has 0 radical (unpaired) electrons. The predicted molar refractivity (Wildman–Crippen MR) is 70.2 cm³/mol. The van der Waals surface area contributed by atoms with Crippen molar-refractivity contribution >= 4 is 5.78 Å². The molecule has 1 aliphatic rings. The molecule has 1 aromatic rings. The zero-order valence-electron chi connectivity index (χ0n) is 11.4. The zero-order valence-corrected chi connectivity index (χ0v) is 11.4. The van der Waals surface area contributed by atoms with E-state index >= 15 is 0 Å². The quantitative estimate of drug-likeness (QED) is 0.845. The maximum absolute atomic E-state index is 12.5. The van der Waals surface area contributed by atoms with Crippen LogP contribution in [0.3, 0.4) is 0 Å². The van der Waals surface area contributed by atoms with Crippen molar-refractivity contribution in [3.8, 4) is 0 Å². The second kappa shape index (κ2) is 5.95. The number of benzene rings is 1. The van der Waals surface area contributed by atoms with Gasteiger partial charge in [-0.3, -0.25) is 9.69 Å². The first-order valence-corrected chi connectivity index (χ1v) is 6.74. The lowest BCUT2D eigenvalue weighted by atomic mass is 9.93. The van der Waals surface area contributed by atoms with Gasteiger partial charge in [-0.2, -0.15) is 13.2 Å². The Labute approximate surface area is 116 Å². The summed E-state index contributed by atoms with van der Waals surface area (Å²) in [6.45, 7) is 0.608. The topological polar surface area (TPSA) is 20.3 Å². The fourth-order valence-corrected chi connectivity index (χ4v) is 2.58. The van der Waals surface area contributed by atoms with Gasteiger partial charge in [0.25, 0.3) is 0 Å². The number of halogens is 3. The Kier molecular flexibility index (Phi) is 4.48. The van der Waals surface area contributed by atoms with Gasteiger partial charge < -0.3 is 0 Å². The van der Waals surface area contributed by atoms with Crippen LogP contribution in [0, 0.1) is 0 Å². The molecule has 2 nitrogen and oxygen atoms in total. The summed E-state index contributed by atoms with van der Waals surface area (Å²) in [5.41, 5.74) is 0.240. The second-order valence-electron chi connectivity index (χ2n) is 5.38. The van der Waals surface area contributed by atoms with E-state index < -0.39 is 11.7 Å². The highest BCUT2D eigenvalue weighted by Gasteiger charge is 2.30. The Morgan fingerprint density at radius 2 is 1.70 bits per heavy atom. The van der Waals surface area contributed by atoms with Gasteiger partial charge in [0.05, 0.1) is 5.56 Å². The standard InChI is InChI=1S/C15H18F3NO/c1-19(13-6-8-14(20)9-7-13)10-11-2-4-12(5-3-11)15(16,17)18/h2-5,13H,6-10H2,1H3. The first kappa shape index (κ1) is 15.0. The van der Waals surface area contributed by atoms with Crippen LogP contribution in [0.1, 0.15) is 36.8 Å². The van der Waals surface area contributed by atoms with Crippen LogP contribution in [0.5, 0.6) is 0 Å². The summed E-state index contributed by atoms with van der Waals surface area (Å²) in [6, 6.07) is 5.62. The smallest absolute Gasteiger partial charge is 0.300 e. The lowest BCUT2D eigenvalue weighted by Gasteiger charge is -2.30. The van der Waals surface area contributed by atoms with Crippen LogP contribution in [-0.2, 0) is 17.5 Å². The van der Waals surface area contributed by atoms with Crippen LogP contribution in [-0.4, -0.2) is 23.8 Å². The molecule has 0 unspecified atom stereocenters. The number of carbonyl (C=O) groups is 1. The minimum Gasteiger partial charge on any atom is -0.300 e. The Balaban J connectivity index is 1.94. The maximum Gasteiger partial charge on any atom is 0.416 e. The van der Waals surface area contributed by atoms with Crippen LogP contribution in [0.4, 0.5) is 13.2 Å². The molecule has 0 N–H and O–H groups in total. The fourth-order valence-electron chi connectivity index (χ4n) is 2.58. The molecule has 20 heavy (non-hydrogen) atoms. The lowest BCUT2D eigenvalue weighted by molar-refractivity contribution is -0.137. The van der Waals surface area contributed by atoms with Crippen LogP contribution in [0.25, 0.3) is 0 Å². The minimum atomic E-state index is -4.28. The van der Waals surface area contributed by atoms with E-state index in [-0.39, 0.29) is 0 Å². The molecule has 0 amide bonds. The molecule has 0 saturated heterocycles. The van der Waals surface area contributed by atoms with Crippen molar-refractivity contribution in [2.75, 3.05) is 7.05 Å². The van der Waals surface area contributed by atoms with E-state index in [0.29, 0.717) is 31.2 Å². The van der Waals surface area contributed by atoms with E-state index in [0.717, 1.165) is 30.5 Å². The Morgan fingerprint density at radius 1 is 1.15 bits per heavy atom. The van der Waals surface area contributed by atoms with Crippen LogP contribution in [0.2, 0.25) is 0 Å². The summed E-state index contributed by atoms with van der Waals surface area (Å²) in [7, 11) is 1.96. The van der Waals surface area contributed by atoms with Gasteiger partial charge in [0, 0.05) is 25.4 Å². The molecule has 0 heterocycles. The van der Waals surface area contributed by atoms with Crippen molar-refractivity contribution in [1.82, 2.24) is 4.90 Å². The summed E-state index contributed by atoms with van der Waals surface area (Å²) < 4.78 is 37.4. The Hall–Kier alpha value is -1.36. The first-order chi connectivity index (χ1) is 9.36. The molecule has 110 valence electrons. The average molecular weight is 285 g/mol. The lowest BCUT2D eigenvalue weighted by Crippen LogP contribution is -2.34. The predicted octanol–water partition coefficient (Wildman–Crippen LogP) is 3.65. The number of rotatable bonds is 3. The van der Waals surface area contributed by atoms with E-state index in [1.54, 1.807) is 0 Å². The molecule has 2 rings (SSSR count). The van der Waals surface area contributed by atoms with Crippen molar-refractivity contribution in [2.45, 2.75) is 44.4 Å². The van der Waals surface area contributed by atoms with Gasteiger partial charge in [-0.15, -0.1) is 0 Å². The highest BCUT2D eigenvalue weighted by molar-refractivity contribution is 5.79. The normalized spacial score (nSPS) is 17.8. The fraction of sp³-hybridized carbons (Fsp3) is 0.533. The maximum atomic E-state index is 12.5. The number of hydrogen-bond donors (Lipinski definition) is 0. The summed E-state index contributed by atoms with van der Waals surface area (Å²) in [4.78, 5) is 13.3. The monoisotopic (exact) mass is 285 g/mol. The molecule has 1 aromatic carbocycles. The number of ketones is 1. The highest BCUT2D eigenvalue weighted by Crippen LogP contribution is 2.29. The molecule has 1 aliphatic carbocycles. The molecule has 1 saturated carbocycles. The van der Waals surface area contributed by atoms with Gasteiger partial charge in [0.1, 0.15) is 5.78 Å². The third-order valence-electron chi connectivity index (χ3n) is 3.85. The molecule has 0 aliphatic heterocycles. The Bertz CT molecular complexity index is 457. The summed E-state index contributed by atoms with van der Waals surface area (Å²) in [6.07, 6.45) is -1.37. The summed E-state index contributed by atoms with van der Waals surface area (Å²) in [5.74, 6) is 0.309. The summed E-state index contributed by atoms with van der Waals surface area (Å²) >= 11 is 0. The zero-order chi connectivity index (χ0) is 14.8. The number of carbonyl (C=O) groups excluding carboxylic acids is 1. The van der Waals surface area contributed by atoms with Gasteiger partial charge in [0.2, 0.25) is 0 Å². The van der Waals surface area contributed by atoms with Crippen molar-refractivity contribution in [1.29, 1.82) is 0 Å². The SMILES string of the molecule is CN(Cc1ccc(C(F)(F)F)cc1)C1CCC(=O)CC1. The Morgan fingerprint density at radius 3 is 2.20 bits per heavy atom. The van der Waals surface area contributed by atoms with E-state index in [4.69, 9.17) is 0 Å². The molecule has 0 bridgehead atoms. The van der Waals surface area contributed by atoms with Crippen LogP contribution < -0.4 is 0 Å². The van der Waals surface area contributed by atoms with E-state index in [2.05, 4.69) is 4.90 Å². The number of hydrogen-bond acceptors (Lipinski definition) is 2. The molecular formula is C15H18F3NO. The number of nitrogens with zero attached hydrogens (tertiary/aromatic N) is 1. The minimum absolute atomic E-state index is 0.309.